The molecule has 9 heteroatoms. The number of carbonyl (C=O) groups is 1. The van der Waals surface area contributed by atoms with E-state index >= 15 is 0 Å². The van der Waals surface area contributed by atoms with Crippen LogP contribution in [0.2, 0.25) is 5.02 Å². The number of thioether (sulfide) groups is 1. The highest BCUT2D eigenvalue weighted by atomic mass is 35.5. The Labute approximate surface area is 214 Å². The number of ether oxygens (including phenoxy) is 2. The van der Waals surface area contributed by atoms with Crippen LogP contribution in [0.1, 0.15) is 50.8 Å². The number of allylic oxidation sites excluding steroid dienone is 1. The second-order valence-corrected chi connectivity index (χ2v) is 9.45. The van der Waals surface area contributed by atoms with Crippen molar-refractivity contribution in [2.45, 2.75) is 50.6 Å². The van der Waals surface area contributed by atoms with Gasteiger partial charge in [-0.05, 0) is 49.6 Å². The predicted octanol–water partition coefficient (Wildman–Crippen LogP) is 6.25. The molecule has 0 spiro atoms. The molecule has 0 amide bonds. The second-order valence-electron chi connectivity index (χ2n) is 8.10. The van der Waals surface area contributed by atoms with Gasteiger partial charge < -0.3 is 14.8 Å². The maximum absolute atomic E-state index is 13.2. The van der Waals surface area contributed by atoms with Crippen LogP contribution in [0.5, 0.6) is 5.75 Å². The molecule has 0 saturated carbocycles. The van der Waals surface area contributed by atoms with Gasteiger partial charge in [-0.3, -0.25) is 0 Å². The highest BCUT2D eigenvalue weighted by Crippen LogP contribution is 2.38. The molecule has 3 aromatic rings. The number of nitrogens with zero attached hydrogens (tertiary/aromatic N) is 3. The number of nitrogens with one attached hydrogen (secondary N) is 1. The molecule has 1 atom stereocenters. The number of halogens is 1. The highest BCUT2D eigenvalue weighted by molar-refractivity contribution is 7.98. The lowest BCUT2D eigenvalue weighted by Crippen LogP contribution is -2.29. The molecule has 184 valence electrons. The van der Waals surface area contributed by atoms with Gasteiger partial charge in [0.05, 0.1) is 18.8 Å². The van der Waals surface area contributed by atoms with Gasteiger partial charge in [0, 0.05) is 16.5 Å². The molecule has 1 unspecified atom stereocenters. The van der Waals surface area contributed by atoms with E-state index in [2.05, 4.69) is 12.2 Å². The van der Waals surface area contributed by atoms with Gasteiger partial charge >= 0.3 is 5.97 Å². The number of fused-ring (bicyclic) bond motifs is 1. The summed E-state index contributed by atoms with van der Waals surface area (Å²) >= 11 is 7.81. The molecule has 1 aliphatic rings. The van der Waals surface area contributed by atoms with E-state index in [4.69, 9.17) is 31.2 Å². The molecule has 1 N–H and O–H groups in total. The first-order valence-corrected chi connectivity index (χ1v) is 13.1. The third-order valence-corrected chi connectivity index (χ3v) is 6.84. The van der Waals surface area contributed by atoms with Gasteiger partial charge in [0.15, 0.2) is 0 Å². The number of hydrogen-bond acceptors (Lipinski definition) is 7. The second kappa shape index (κ2) is 11.6. The summed E-state index contributed by atoms with van der Waals surface area (Å²) < 4.78 is 13.1. The third kappa shape index (κ3) is 5.82. The minimum absolute atomic E-state index is 0.360. The van der Waals surface area contributed by atoms with Crippen LogP contribution in [-0.2, 0) is 15.3 Å². The summed E-state index contributed by atoms with van der Waals surface area (Å²) in [6.07, 6.45) is 1.76. The molecular weight excluding hydrogens is 484 g/mol. The Hall–Kier alpha value is -2.97. The topological polar surface area (TPSA) is 78.3 Å². The zero-order valence-electron chi connectivity index (χ0n) is 20.1. The third-order valence-electron chi connectivity index (χ3n) is 5.58. The number of esters is 1. The summed E-state index contributed by atoms with van der Waals surface area (Å²) in [5, 5.41) is 9.32. The lowest BCUT2D eigenvalue weighted by atomic mass is 9.95. The van der Waals surface area contributed by atoms with Crippen molar-refractivity contribution in [2.24, 2.45) is 0 Å². The Balaban J connectivity index is 1.68. The maximum Gasteiger partial charge on any atom is 0.338 e. The number of hydrogen-bond donors (Lipinski definition) is 1. The summed E-state index contributed by atoms with van der Waals surface area (Å²) in [6, 6.07) is 14.9. The number of benzene rings is 2. The van der Waals surface area contributed by atoms with Crippen LogP contribution in [0.15, 0.2) is 65.0 Å². The van der Waals surface area contributed by atoms with Crippen molar-refractivity contribution in [3.05, 3.63) is 76.0 Å². The van der Waals surface area contributed by atoms with Crippen molar-refractivity contribution in [1.29, 1.82) is 0 Å². The zero-order chi connectivity index (χ0) is 24.8. The van der Waals surface area contributed by atoms with Crippen LogP contribution in [0.3, 0.4) is 0 Å². The molecule has 0 bridgehead atoms. The highest BCUT2D eigenvalue weighted by Gasteiger charge is 2.35. The molecule has 4 rings (SSSR count). The van der Waals surface area contributed by atoms with Crippen molar-refractivity contribution in [3.63, 3.8) is 0 Å². The lowest BCUT2D eigenvalue weighted by molar-refractivity contribution is -0.139. The van der Waals surface area contributed by atoms with Gasteiger partial charge in [0.2, 0.25) is 11.1 Å². The van der Waals surface area contributed by atoms with Crippen LogP contribution >= 0.6 is 23.4 Å². The standard InChI is InChI=1S/C26H29ClN4O3S/c1-4-6-14-34-24(32)22-17(3)28-25-29-26(35-16-19-10-7-8-13-21(19)27)30-31(25)23(22)18-11-9-12-20(15-18)33-5-2/h7-13,15,23H,4-6,14,16H2,1-3H3,(H,28,29,30). The van der Waals surface area contributed by atoms with Crippen molar-refractivity contribution < 1.29 is 14.3 Å². The predicted molar refractivity (Wildman–Crippen MR) is 139 cm³/mol. The van der Waals surface area contributed by atoms with Gasteiger partial charge in [-0.25, -0.2) is 9.48 Å². The maximum atomic E-state index is 13.2. The Morgan fingerprint density at radius 3 is 2.80 bits per heavy atom. The fraction of sp³-hybridized carbons (Fsp3) is 0.346. The van der Waals surface area contributed by atoms with Gasteiger partial charge in [-0.2, -0.15) is 4.98 Å². The molecule has 0 fully saturated rings. The van der Waals surface area contributed by atoms with Gasteiger partial charge in [-0.15, -0.1) is 5.10 Å². The van der Waals surface area contributed by atoms with Crippen molar-refractivity contribution in [2.75, 3.05) is 18.5 Å². The Morgan fingerprint density at radius 2 is 2.03 bits per heavy atom. The summed E-state index contributed by atoms with van der Waals surface area (Å²) in [5.74, 6) is 1.57. The first kappa shape index (κ1) is 25.1. The molecule has 0 aliphatic carbocycles. The lowest BCUT2D eigenvalue weighted by Gasteiger charge is -2.28. The van der Waals surface area contributed by atoms with Crippen molar-refractivity contribution in [1.82, 2.24) is 14.8 Å². The zero-order valence-corrected chi connectivity index (χ0v) is 21.7. The molecular formula is C26H29ClN4O3S. The number of anilines is 1. The molecule has 2 heterocycles. The summed E-state index contributed by atoms with van der Waals surface area (Å²) in [7, 11) is 0. The van der Waals surface area contributed by atoms with Gasteiger partial charge in [-0.1, -0.05) is 67.0 Å². The summed E-state index contributed by atoms with van der Waals surface area (Å²) in [5.41, 5.74) is 3.08. The first-order chi connectivity index (χ1) is 17.0. The average Bonchev–Trinajstić information content (AvgIpc) is 3.25. The van der Waals surface area contributed by atoms with E-state index in [0.29, 0.717) is 46.4 Å². The Morgan fingerprint density at radius 1 is 1.20 bits per heavy atom. The van der Waals surface area contributed by atoms with Gasteiger partial charge in [0.25, 0.3) is 0 Å². The Kier molecular flexibility index (Phi) is 8.36. The summed E-state index contributed by atoms with van der Waals surface area (Å²) in [6.45, 7) is 6.79. The van der Waals surface area contributed by atoms with E-state index in [9.17, 15) is 4.79 Å². The molecule has 0 saturated heterocycles. The van der Waals surface area contributed by atoms with Gasteiger partial charge in [0.1, 0.15) is 11.8 Å². The van der Waals surface area contributed by atoms with Crippen molar-refractivity contribution >= 4 is 35.3 Å². The molecule has 35 heavy (non-hydrogen) atoms. The Bertz CT molecular complexity index is 1230. The molecule has 1 aliphatic heterocycles. The molecule has 2 aromatic carbocycles. The van der Waals surface area contributed by atoms with Crippen LogP contribution in [-0.4, -0.2) is 33.9 Å². The number of carbonyl (C=O) groups excluding carboxylic acids is 1. The van der Waals surface area contributed by atoms with E-state index in [1.807, 2.05) is 62.4 Å². The average molecular weight is 513 g/mol. The normalized spacial score (nSPS) is 14.9. The SMILES string of the molecule is CCCCOC(=O)C1=C(C)Nc2nc(SCc3ccccc3Cl)nn2C1c1cccc(OCC)c1. The van der Waals surface area contributed by atoms with Crippen LogP contribution in [0.4, 0.5) is 5.95 Å². The summed E-state index contributed by atoms with van der Waals surface area (Å²) in [4.78, 5) is 17.9. The van der Waals surface area contributed by atoms with Crippen molar-refractivity contribution in [3.8, 4) is 5.75 Å². The minimum Gasteiger partial charge on any atom is -0.494 e. The molecule has 0 radical (unpaired) electrons. The van der Waals surface area contributed by atoms with Crippen LogP contribution in [0, 0.1) is 0 Å². The van der Waals surface area contributed by atoms with E-state index in [1.54, 1.807) is 4.68 Å². The van der Waals surface area contributed by atoms with Crippen LogP contribution < -0.4 is 10.1 Å². The largest absolute Gasteiger partial charge is 0.494 e. The minimum atomic E-state index is -0.497. The smallest absolute Gasteiger partial charge is 0.338 e. The van der Waals surface area contributed by atoms with E-state index < -0.39 is 6.04 Å². The van der Waals surface area contributed by atoms with E-state index in [1.165, 1.54) is 11.8 Å². The number of rotatable bonds is 10. The molecule has 7 nitrogen and oxygen atoms in total. The number of unbranched alkanes of at least 4 members (excludes halogenated alkanes) is 1. The quantitative estimate of drug-likeness (QED) is 0.195. The molecule has 1 aromatic heterocycles. The van der Waals surface area contributed by atoms with E-state index in [-0.39, 0.29) is 5.97 Å². The fourth-order valence-electron chi connectivity index (χ4n) is 3.85. The fourth-order valence-corrected chi connectivity index (χ4v) is 4.97. The number of aromatic nitrogens is 3. The monoisotopic (exact) mass is 512 g/mol. The van der Waals surface area contributed by atoms with E-state index in [0.717, 1.165) is 29.7 Å². The first-order valence-electron chi connectivity index (χ1n) is 11.7. The van der Waals surface area contributed by atoms with Crippen LogP contribution in [0.25, 0.3) is 0 Å².